The summed E-state index contributed by atoms with van der Waals surface area (Å²) in [5.41, 5.74) is 0. The molecule has 0 aromatic carbocycles. The molecule has 2 nitrogen and oxygen atoms in total. The first kappa shape index (κ1) is 7.69. The van der Waals surface area contributed by atoms with Crippen molar-refractivity contribution >= 4 is 21.9 Å². The lowest BCUT2D eigenvalue weighted by Crippen LogP contribution is -1.91. The van der Waals surface area contributed by atoms with Crippen molar-refractivity contribution in [1.29, 1.82) is 0 Å². The molecule has 0 unspecified atom stereocenters. The topological polar surface area (TPSA) is 37.3 Å². The second kappa shape index (κ2) is 3.66. The van der Waals surface area contributed by atoms with Crippen LogP contribution in [0, 0.1) is 0 Å². The van der Waals surface area contributed by atoms with E-state index in [4.69, 9.17) is 5.11 Å². The second-order valence-electron chi connectivity index (χ2n) is 1.27. The number of aliphatic carboxylic acids is 1. The molecule has 0 amide bonds. The van der Waals surface area contributed by atoms with Crippen molar-refractivity contribution in [2.24, 2.45) is 0 Å². The summed E-state index contributed by atoms with van der Waals surface area (Å²) in [6.45, 7) is 1.88. The summed E-state index contributed by atoms with van der Waals surface area (Å²) in [4.78, 5) is 9.97. The van der Waals surface area contributed by atoms with Crippen LogP contribution in [-0.2, 0) is 4.79 Å². The Hall–Kier alpha value is -0.310. The average Bonchev–Trinajstić information content (AvgIpc) is 1.67. The number of carboxylic acids is 1. The van der Waals surface area contributed by atoms with Crippen molar-refractivity contribution in [3.05, 3.63) is 10.6 Å². The lowest BCUT2D eigenvalue weighted by Gasteiger charge is -1.84. The Balaban J connectivity index is 3.80. The summed E-state index contributed by atoms with van der Waals surface area (Å²) >= 11 is 2.86. The molecule has 3 heteroatoms. The average molecular weight is 179 g/mol. The summed E-state index contributed by atoms with van der Waals surface area (Å²) in [5.74, 6) is -0.910. The van der Waals surface area contributed by atoms with E-state index in [0.717, 1.165) is 6.42 Å². The van der Waals surface area contributed by atoms with E-state index in [-0.39, 0.29) is 4.48 Å². The number of rotatable bonds is 2. The Kier molecular flexibility index (Phi) is 3.52. The van der Waals surface area contributed by atoms with Gasteiger partial charge >= 0.3 is 5.97 Å². The van der Waals surface area contributed by atoms with Crippen LogP contribution in [-0.4, -0.2) is 11.1 Å². The maximum atomic E-state index is 9.97. The minimum absolute atomic E-state index is 0.236. The van der Waals surface area contributed by atoms with Gasteiger partial charge in [0, 0.05) is 0 Å². The molecule has 0 rings (SSSR count). The van der Waals surface area contributed by atoms with Crippen LogP contribution in [0.1, 0.15) is 13.3 Å². The molecule has 0 bridgehead atoms. The molecule has 0 aromatic rings. The van der Waals surface area contributed by atoms with Crippen LogP contribution in [0.4, 0.5) is 0 Å². The quantitative estimate of drug-likeness (QED) is 0.655. The molecule has 0 heterocycles. The zero-order chi connectivity index (χ0) is 6.57. The van der Waals surface area contributed by atoms with E-state index in [0.29, 0.717) is 0 Å². The van der Waals surface area contributed by atoms with Crippen molar-refractivity contribution in [3.8, 4) is 0 Å². The van der Waals surface area contributed by atoms with Gasteiger partial charge in [-0.05, 0) is 22.4 Å². The van der Waals surface area contributed by atoms with Crippen molar-refractivity contribution in [1.82, 2.24) is 0 Å². The number of hydrogen-bond acceptors (Lipinski definition) is 1. The number of allylic oxidation sites excluding steroid dienone is 1. The van der Waals surface area contributed by atoms with Crippen LogP contribution in [0.3, 0.4) is 0 Å². The van der Waals surface area contributed by atoms with E-state index >= 15 is 0 Å². The molecule has 0 fully saturated rings. The smallest absolute Gasteiger partial charge is 0.342 e. The summed E-state index contributed by atoms with van der Waals surface area (Å²) in [6, 6.07) is 0. The van der Waals surface area contributed by atoms with Crippen LogP contribution in [0.15, 0.2) is 10.6 Å². The lowest BCUT2D eigenvalue weighted by atomic mass is 10.4. The van der Waals surface area contributed by atoms with Crippen LogP contribution in [0.25, 0.3) is 0 Å². The molecule has 0 spiro atoms. The molecule has 0 saturated carbocycles. The molecule has 46 valence electrons. The summed E-state index contributed by atoms with van der Waals surface area (Å²) in [6.07, 6.45) is 2.34. The molecular weight excluding hydrogens is 172 g/mol. The molecule has 1 N–H and O–H groups in total. The summed E-state index contributed by atoms with van der Waals surface area (Å²) in [5, 5.41) is 8.20. The van der Waals surface area contributed by atoms with Gasteiger partial charge in [0.2, 0.25) is 0 Å². The van der Waals surface area contributed by atoms with E-state index in [1.807, 2.05) is 6.92 Å². The molecule has 0 aliphatic heterocycles. The van der Waals surface area contributed by atoms with Crippen LogP contribution in [0.5, 0.6) is 0 Å². The van der Waals surface area contributed by atoms with Gasteiger partial charge in [-0.3, -0.25) is 0 Å². The van der Waals surface area contributed by atoms with E-state index in [1.165, 1.54) is 0 Å². The maximum Gasteiger partial charge on any atom is 0.342 e. The highest BCUT2D eigenvalue weighted by atomic mass is 79.9. The third-order valence-electron chi connectivity index (χ3n) is 0.588. The largest absolute Gasteiger partial charge is 0.477 e. The highest BCUT2D eigenvalue weighted by Crippen LogP contribution is 2.04. The Morgan fingerprint density at radius 1 is 1.88 bits per heavy atom. The zero-order valence-electron chi connectivity index (χ0n) is 4.52. The number of carboxylic acid groups (broad SMARTS) is 1. The first-order valence-corrected chi connectivity index (χ1v) is 3.06. The third-order valence-corrected chi connectivity index (χ3v) is 1.25. The molecule has 0 aliphatic carbocycles. The SMILES string of the molecule is CC/C=C(/Br)C(=O)O. The van der Waals surface area contributed by atoms with Gasteiger partial charge in [0.25, 0.3) is 0 Å². The molecule has 0 aliphatic rings. The molecule has 8 heavy (non-hydrogen) atoms. The first-order chi connectivity index (χ1) is 3.68. The fourth-order valence-corrected chi connectivity index (χ4v) is 0.590. The van der Waals surface area contributed by atoms with Gasteiger partial charge in [0.1, 0.15) is 0 Å². The highest BCUT2D eigenvalue weighted by molar-refractivity contribution is 9.12. The van der Waals surface area contributed by atoms with Crippen LogP contribution in [0.2, 0.25) is 0 Å². The maximum absolute atomic E-state index is 9.97. The van der Waals surface area contributed by atoms with Crippen molar-refractivity contribution in [2.45, 2.75) is 13.3 Å². The number of halogens is 1. The summed E-state index contributed by atoms with van der Waals surface area (Å²) < 4.78 is 0.236. The van der Waals surface area contributed by atoms with Gasteiger partial charge in [0.05, 0.1) is 4.48 Å². The van der Waals surface area contributed by atoms with E-state index in [2.05, 4.69) is 15.9 Å². The van der Waals surface area contributed by atoms with Crippen molar-refractivity contribution in [2.75, 3.05) is 0 Å². The molecular formula is C5H7BrO2. The highest BCUT2D eigenvalue weighted by Gasteiger charge is 1.97. The Bertz CT molecular complexity index is 118. The van der Waals surface area contributed by atoms with Crippen molar-refractivity contribution < 1.29 is 9.90 Å². The monoisotopic (exact) mass is 178 g/mol. The Morgan fingerprint density at radius 2 is 2.38 bits per heavy atom. The van der Waals surface area contributed by atoms with Gasteiger partial charge in [-0.1, -0.05) is 13.0 Å². The van der Waals surface area contributed by atoms with Gasteiger partial charge < -0.3 is 5.11 Å². The second-order valence-corrected chi connectivity index (χ2v) is 2.12. The fraction of sp³-hybridized carbons (Fsp3) is 0.400. The minimum atomic E-state index is -0.910. The fourth-order valence-electron chi connectivity index (χ4n) is 0.267. The van der Waals surface area contributed by atoms with Gasteiger partial charge in [0.15, 0.2) is 0 Å². The lowest BCUT2D eigenvalue weighted by molar-refractivity contribution is -0.131. The molecule has 0 atom stereocenters. The number of carbonyl (C=O) groups is 1. The van der Waals surface area contributed by atoms with E-state index in [1.54, 1.807) is 6.08 Å². The van der Waals surface area contributed by atoms with Crippen LogP contribution < -0.4 is 0 Å². The van der Waals surface area contributed by atoms with Crippen molar-refractivity contribution in [3.63, 3.8) is 0 Å². The third kappa shape index (κ3) is 2.80. The summed E-state index contributed by atoms with van der Waals surface area (Å²) in [7, 11) is 0. The predicted molar refractivity (Wildman–Crippen MR) is 34.9 cm³/mol. The van der Waals surface area contributed by atoms with Crippen LogP contribution >= 0.6 is 15.9 Å². The standard InChI is InChI=1S/C5H7BrO2/c1-2-3-4(6)5(7)8/h3H,2H2,1H3,(H,7,8)/b4-3+. The number of hydrogen-bond donors (Lipinski definition) is 1. The predicted octanol–water partition coefficient (Wildman–Crippen LogP) is 1.76. The van der Waals surface area contributed by atoms with E-state index < -0.39 is 5.97 Å². The van der Waals surface area contributed by atoms with Gasteiger partial charge in [-0.2, -0.15) is 0 Å². The molecule has 0 saturated heterocycles. The molecule has 0 radical (unpaired) electrons. The first-order valence-electron chi connectivity index (χ1n) is 2.27. The Labute approximate surface area is 56.3 Å². The van der Waals surface area contributed by atoms with E-state index in [9.17, 15) is 4.79 Å². The van der Waals surface area contributed by atoms with Gasteiger partial charge in [-0.15, -0.1) is 0 Å². The Morgan fingerprint density at radius 3 is 2.50 bits per heavy atom. The van der Waals surface area contributed by atoms with Gasteiger partial charge in [-0.25, -0.2) is 4.79 Å². The zero-order valence-corrected chi connectivity index (χ0v) is 6.10. The minimum Gasteiger partial charge on any atom is -0.477 e. The molecule has 0 aromatic heterocycles. The normalized spacial score (nSPS) is 11.5.